The molecule has 0 heterocycles. The normalized spacial score (nSPS) is 11.1. The molecule has 0 aliphatic carbocycles. The third-order valence-electron chi connectivity index (χ3n) is 1.92. The van der Waals surface area contributed by atoms with Crippen molar-refractivity contribution >= 4 is 12.0 Å². The van der Waals surface area contributed by atoms with Crippen molar-refractivity contribution in [3.8, 4) is 0 Å². The molecule has 1 rings (SSSR count). The van der Waals surface area contributed by atoms with Crippen LogP contribution in [0.15, 0.2) is 48.6 Å². The summed E-state index contributed by atoms with van der Waals surface area (Å²) < 4.78 is 0. The van der Waals surface area contributed by atoms with Gasteiger partial charge in [0.25, 0.3) is 0 Å². The number of rotatable bonds is 5. The van der Waals surface area contributed by atoms with Gasteiger partial charge in [-0.25, -0.2) is 0 Å². The van der Waals surface area contributed by atoms with E-state index >= 15 is 0 Å². The van der Waals surface area contributed by atoms with Crippen LogP contribution in [-0.2, 0) is 4.79 Å². The first-order valence-electron chi connectivity index (χ1n) is 5.19. The molecule has 0 unspecified atom stereocenters. The van der Waals surface area contributed by atoms with Gasteiger partial charge >= 0.3 is 0 Å². The second-order valence-electron chi connectivity index (χ2n) is 3.20. The number of hydrogen-bond donors (Lipinski definition) is 2. The van der Waals surface area contributed by atoms with Gasteiger partial charge in [-0.1, -0.05) is 42.5 Å². The summed E-state index contributed by atoms with van der Waals surface area (Å²) in [7, 11) is 0. The van der Waals surface area contributed by atoms with E-state index in [1.54, 1.807) is 12.2 Å². The zero-order chi connectivity index (χ0) is 11.6. The maximum absolute atomic E-state index is 11.3. The topological polar surface area (TPSA) is 55.1 Å². The highest BCUT2D eigenvalue weighted by Crippen LogP contribution is 2.00. The van der Waals surface area contributed by atoms with Crippen LogP contribution in [0.25, 0.3) is 6.08 Å². The van der Waals surface area contributed by atoms with Crippen molar-refractivity contribution in [1.29, 1.82) is 0 Å². The largest absolute Gasteiger partial charge is 0.349 e. The van der Waals surface area contributed by atoms with Crippen LogP contribution in [0.2, 0.25) is 0 Å². The Labute approximate surface area is 95.7 Å². The molecule has 0 saturated carbocycles. The van der Waals surface area contributed by atoms with E-state index < -0.39 is 0 Å². The number of hydrogen-bond acceptors (Lipinski definition) is 2. The minimum Gasteiger partial charge on any atom is -0.349 e. The Morgan fingerprint density at radius 2 is 2.00 bits per heavy atom. The molecule has 0 aromatic heterocycles. The van der Waals surface area contributed by atoms with E-state index in [1.165, 1.54) is 6.08 Å². The molecule has 1 aromatic carbocycles. The van der Waals surface area contributed by atoms with Gasteiger partial charge in [0.1, 0.15) is 0 Å². The van der Waals surface area contributed by atoms with E-state index in [9.17, 15) is 4.79 Å². The molecule has 0 bridgehead atoms. The first-order chi connectivity index (χ1) is 7.83. The van der Waals surface area contributed by atoms with Crippen molar-refractivity contribution in [3.63, 3.8) is 0 Å². The maximum Gasteiger partial charge on any atom is 0.244 e. The van der Waals surface area contributed by atoms with Gasteiger partial charge in [-0.05, 0) is 11.6 Å². The van der Waals surface area contributed by atoms with Gasteiger partial charge in [0.2, 0.25) is 5.91 Å². The van der Waals surface area contributed by atoms with Gasteiger partial charge in [-0.3, -0.25) is 4.79 Å². The lowest BCUT2D eigenvalue weighted by molar-refractivity contribution is -0.116. The lowest BCUT2D eigenvalue weighted by atomic mass is 10.2. The zero-order valence-electron chi connectivity index (χ0n) is 9.10. The molecule has 0 saturated heterocycles. The molecule has 3 nitrogen and oxygen atoms in total. The molecular formula is C13H16N2O. The fourth-order valence-electron chi connectivity index (χ4n) is 1.13. The van der Waals surface area contributed by atoms with Gasteiger partial charge in [-0.2, -0.15) is 0 Å². The number of benzene rings is 1. The summed E-state index contributed by atoms with van der Waals surface area (Å²) in [6.45, 7) is 1.00. The summed E-state index contributed by atoms with van der Waals surface area (Å²) in [6.07, 6.45) is 6.93. The lowest BCUT2D eigenvalue weighted by Crippen LogP contribution is -2.20. The van der Waals surface area contributed by atoms with E-state index in [2.05, 4.69) is 5.32 Å². The smallest absolute Gasteiger partial charge is 0.244 e. The molecule has 0 fully saturated rings. The molecule has 1 aromatic rings. The summed E-state index contributed by atoms with van der Waals surface area (Å²) in [5.74, 6) is -0.106. The highest BCUT2D eigenvalue weighted by atomic mass is 16.1. The van der Waals surface area contributed by atoms with Crippen molar-refractivity contribution in [2.24, 2.45) is 5.73 Å². The zero-order valence-corrected chi connectivity index (χ0v) is 9.10. The van der Waals surface area contributed by atoms with Gasteiger partial charge in [0, 0.05) is 19.2 Å². The second-order valence-corrected chi connectivity index (χ2v) is 3.20. The molecule has 3 N–H and O–H groups in total. The Morgan fingerprint density at radius 3 is 2.69 bits per heavy atom. The summed E-state index contributed by atoms with van der Waals surface area (Å²) in [4.78, 5) is 11.3. The van der Waals surface area contributed by atoms with Gasteiger partial charge in [0.05, 0.1) is 0 Å². The highest BCUT2D eigenvalue weighted by Gasteiger charge is 1.91. The van der Waals surface area contributed by atoms with Crippen molar-refractivity contribution in [1.82, 2.24) is 5.32 Å². The van der Waals surface area contributed by atoms with Crippen LogP contribution in [-0.4, -0.2) is 19.0 Å². The Kier molecular flexibility index (Phi) is 5.66. The van der Waals surface area contributed by atoms with Crippen molar-refractivity contribution in [2.45, 2.75) is 0 Å². The average molecular weight is 216 g/mol. The summed E-state index contributed by atoms with van der Waals surface area (Å²) in [6, 6.07) is 9.69. The SMILES string of the molecule is NC/C=C/CNC(=O)/C=C/c1ccccc1. The lowest BCUT2D eigenvalue weighted by Gasteiger charge is -1.96. The highest BCUT2D eigenvalue weighted by molar-refractivity contribution is 5.91. The van der Waals surface area contributed by atoms with Crippen LogP contribution >= 0.6 is 0 Å². The van der Waals surface area contributed by atoms with Crippen molar-refractivity contribution in [3.05, 3.63) is 54.1 Å². The fourth-order valence-corrected chi connectivity index (χ4v) is 1.13. The van der Waals surface area contributed by atoms with Gasteiger partial charge in [0.15, 0.2) is 0 Å². The Morgan fingerprint density at radius 1 is 1.25 bits per heavy atom. The summed E-state index contributed by atoms with van der Waals surface area (Å²) in [5.41, 5.74) is 6.28. The molecule has 0 radical (unpaired) electrons. The first-order valence-corrected chi connectivity index (χ1v) is 5.19. The number of carbonyl (C=O) groups is 1. The van der Waals surface area contributed by atoms with Crippen LogP contribution < -0.4 is 11.1 Å². The van der Waals surface area contributed by atoms with Crippen molar-refractivity contribution in [2.75, 3.05) is 13.1 Å². The van der Waals surface area contributed by atoms with Crippen LogP contribution in [0, 0.1) is 0 Å². The number of nitrogens with two attached hydrogens (primary N) is 1. The first kappa shape index (κ1) is 12.2. The molecule has 0 aliphatic heterocycles. The van der Waals surface area contributed by atoms with E-state index in [0.717, 1.165) is 5.56 Å². The molecule has 0 spiro atoms. The number of nitrogens with one attached hydrogen (secondary N) is 1. The molecule has 0 atom stereocenters. The molecular weight excluding hydrogens is 200 g/mol. The molecule has 84 valence electrons. The molecule has 16 heavy (non-hydrogen) atoms. The quantitative estimate of drug-likeness (QED) is 0.576. The monoisotopic (exact) mass is 216 g/mol. The Balaban J connectivity index is 2.34. The predicted molar refractivity (Wildman–Crippen MR) is 66.7 cm³/mol. The molecule has 1 amide bonds. The summed E-state index contributed by atoms with van der Waals surface area (Å²) >= 11 is 0. The van der Waals surface area contributed by atoms with E-state index in [4.69, 9.17) is 5.73 Å². The minimum atomic E-state index is -0.106. The number of carbonyl (C=O) groups excluding carboxylic acids is 1. The van der Waals surface area contributed by atoms with Gasteiger partial charge in [-0.15, -0.1) is 0 Å². The van der Waals surface area contributed by atoms with Crippen LogP contribution in [0.5, 0.6) is 0 Å². The van der Waals surface area contributed by atoms with Crippen LogP contribution in [0.3, 0.4) is 0 Å². The minimum absolute atomic E-state index is 0.106. The average Bonchev–Trinajstić information content (AvgIpc) is 2.33. The van der Waals surface area contributed by atoms with E-state index in [0.29, 0.717) is 13.1 Å². The maximum atomic E-state index is 11.3. The Bertz CT molecular complexity index is 369. The standard InChI is InChI=1S/C13H16N2O/c14-10-4-5-11-15-13(16)9-8-12-6-2-1-3-7-12/h1-9H,10-11,14H2,(H,15,16)/b5-4+,9-8+. The third-order valence-corrected chi connectivity index (χ3v) is 1.92. The van der Waals surface area contributed by atoms with E-state index in [1.807, 2.05) is 36.4 Å². The fraction of sp³-hybridized carbons (Fsp3) is 0.154. The predicted octanol–water partition coefficient (Wildman–Crippen LogP) is 1.33. The molecule has 3 heteroatoms. The Hall–Kier alpha value is -1.87. The van der Waals surface area contributed by atoms with Crippen LogP contribution in [0.1, 0.15) is 5.56 Å². The van der Waals surface area contributed by atoms with Crippen LogP contribution in [0.4, 0.5) is 0 Å². The number of amides is 1. The summed E-state index contributed by atoms with van der Waals surface area (Å²) in [5, 5.41) is 2.72. The second kappa shape index (κ2) is 7.43. The third kappa shape index (κ3) is 5.12. The van der Waals surface area contributed by atoms with Gasteiger partial charge < -0.3 is 11.1 Å². The van der Waals surface area contributed by atoms with E-state index in [-0.39, 0.29) is 5.91 Å². The molecule has 0 aliphatic rings. The van der Waals surface area contributed by atoms with Crippen molar-refractivity contribution < 1.29 is 4.79 Å².